The number of carbonyl (C=O) groups is 1. The summed E-state index contributed by atoms with van der Waals surface area (Å²) in [6.07, 6.45) is 0.184. The molecule has 0 saturated carbocycles. The van der Waals surface area contributed by atoms with Crippen molar-refractivity contribution in [3.05, 3.63) is 77.9 Å². The number of ether oxygens (including phenoxy) is 1. The molecule has 0 atom stereocenters. The van der Waals surface area contributed by atoms with Gasteiger partial charge in [0.15, 0.2) is 5.78 Å². The van der Waals surface area contributed by atoms with Gasteiger partial charge in [-0.15, -0.1) is 23.7 Å². The Labute approximate surface area is 208 Å². The smallest absolute Gasteiger partial charge is 0.195 e. The summed E-state index contributed by atoms with van der Waals surface area (Å²) in [5.74, 6) is 1.01. The van der Waals surface area contributed by atoms with Gasteiger partial charge >= 0.3 is 0 Å². The van der Waals surface area contributed by atoms with Gasteiger partial charge in [0.1, 0.15) is 23.4 Å². The summed E-state index contributed by atoms with van der Waals surface area (Å²) in [6, 6.07) is 19.7. The van der Waals surface area contributed by atoms with Crippen molar-refractivity contribution in [2.75, 3.05) is 13.1 Å². The van der Waals surface area contributed by atoms with Crippen LogP contribution in [-0.2, 0) is 0 Å². The number of nitrogens with zero attached hydrogens (tertiary/aromatic N) is 1. The summed E-state index contributed by atoms with van der Waals surface area (Å²) in [5.41, 5.74) is 2.02. The van der Waals surface area contributed by atoms with Crippen LogP contribution in [0, 0.1) is 0 Å². The van der Waals surface area contributed by atoms with Crippen molar-refractivity contribution in [2.45, 2.75) is 26.0 Å². The second-order valence-corrected chi connectivity index (χ2v) is 9.73. The zero-order chi connectivity index (χ0) is 23.1. The van der Waals surface area contributed by atoms with Crippen LogP contribution in [0.25, 0.3) is 20.5 Å². The number of phenolic OH excluding ortho intramolecular Hbond substituents is 2. The summed E-state index contributed by atoms with van der Waals surface area (Å²) in [7, 11) is 0. The molecule has 2 N–H and O–H groups in total. The first-order valence-corrected chi connectivity index (χ1v) is 11.8. The molecule has 0 unspecified atom stereocenters. The van der Waals surface area contributed by atoms with Gasteiger partial charge in [-0.2, -0.15) is 0 Å². The van der Waals surface area contributed by atoms with Gasteiger partial charge in [-0.05, 0) is 86.1 Å². The lowest BCUT2D eigenvalue weighted by atomic mass is 9.97. The number of rotatable bonds is 6. The van der Waals surface area contributed by atoms with Gasteiger partial charge in [0.2, 0.25) is 0 Å². The van der Waals surface area contributed by atoms with Crippen LogP contribution in [0.4, 0.5) is 0 Å². The Bertz CT molecular complexity index is 1310. The van der Waals surface area contributed by atoms with Crippen molar-refractivity contribution in [3.8, 4) is 27.7 Å². The highest BCUT2D eigenvalue weighted by Crippen LogP contribution is 2.41. The van der Waals surface area contributed by atoms with E-state index in [4.69, 9.17) is 4.74 Å². The number of fused-ring (bicyclic) bond motifs is 1. The number of likely N-dealkylation sites (tertiary alicyclic amines) is 1. The van der Waals surface area contributed by atoms with Crippen LogP contribution in [0.1, 0.15) is 29.8 Å². The molecule has 4 aromatic rings. The number of aromatic hydroxyl groups is 2. The Kier molecular flexibility index (Phi) is 6.84. The molecule has 176 valence electrons. The number of carbonyl (C=O) groups excluding carboxylic acids is 1. The van der Waals surface area contributed by atoms with E-state index < -0.39 is 0 Å². The van der Waals surface area contributed by atoms with Gasteiger partial charge in [-0.25, -0.2) is 0 Å². The molecule has 3 aromatic carbocycles. The van der Waals surface area contributed by atoms with Gasteiger partial charge in [0.25, 0.3) is 0 Å². The van der Waals surface area contributed by atoms with Crippen LogP contribution < -0.4 is 4.74 Å². The monoisotopic (exact) mass is 495 g/mol. The summed E-state index contributed by atoms with van der Waals surface area (Å²) >= 11 is 1.45. The van der Waals surface area contributed by atoms with Crippen molar-refractivity contribution in [2.24, 2.45) is 0 Å². The first kappa shape index (κ1) is 24.1. The van der Waals surface area contributed by atoms with E-state index in [1.807, 2.05) is 12.1 Å². The van der Waals surface area contributed by atoms with Crippen molar-refractivity contribution in [1.29, 1.82) is 0 Å². The molecule has 1 fully saturated rings. The van der Waals surface area contributed by atoms with Gasteiger partial charge in [0.05, 0.1) is 0 Å². The number of halogens is 1. The van der Waals surface area contributed by atoms with Crippen LogP contribution >= 0.6 is 23.7 Å². The molecular weight excluding hydrogens is 470 g/mol. The highest BCUT2D eigenvalue weighted by Gasteiger charge is 2.30. The highest BCUT2D eigenvalue weighted by molar-refractivity contribution is 7.22. The van der Waals surface area contributed by atoms with Crippen molar-refractivity contribution in [1.82, 2.24) is 4.90 Å². The van der Waals surface area contributed by atoms with Crippen molar-refractivity contribution >= 4 is 39.6 Å². The first-order chi connectivity index (χ1) is 15.9. The van der Waals surface area contributed by atoms with Crippen LogP contribution in [-0.4, -0.2) is 46.1 Å². The second kappa shape index (κ2) is 9.66. The van der Waals surface area contributed by atoms with Gasteiger partial charge in [-0.3, -0.25) is 9.69 Å². The standard InChI is InChI=1S/C27H25NO4S.ClH/c1-16(2)28-14-22(15-28)32-21-10-5-17(6-11-21)26(31)25-23-12-9-20(30)13-24(23)33-27(25)18-3-7-19(29)8-4-18;/h3-13,16,22,29-30H,14-15H2,1-2H3;1H. The molecule has 2 heterocycles. The maximum atomic E-state index is 13.6. The summed E-state index contributed by atoms with van der Waals surface area (Å²) in [5, 5.41) is 20.4. The van der Waals surface area contributed by atoms with Crippen molar-refractivity contribution in [3.63, 3.8) is 0 Å². The Balaban J connectivity index is 0.00000274. The third kappa shape index (κ3) is 4.62. The lowest BCUT2D eigenvalue weighted by Crippen LogP contribution is -2.56. The average molecular weight is 496 g/mol. The molecule has 1 aliphatic heterocycles. The fourth-order valence-electron chi connectivity index (χ4n) is 4.11. The Morgan fingerprint density at radius 2 is 1.62 bits per heavy atom. The predicted octanol–water partition coefficient (Wildman–Crippen LogP) is 6.10. The number of hydrogen-bond donors (Lipinski definition) is 2. The molecular formula is C27H26ClNO4S. The summed E-state index contributed by atoms with van der Waals surface area (Å²) < 4.78 is 6.88. The van der Waals surface area contributed by atoms with E-state index in [1.165, 1.54) is 11.3 Å². The number of thiophene rings is 1. The molecule has 34 heavy (non-hydrogen) atoms. The maximum Gasteiger partial charge on any atom is 0.195 e. The van der Waals surface area contributed by atoms with E-state index in [2.05, 4.69) is 18.7 Å². The first-order valence-electron chi connectivity index (χ1n) is 11.0. The van der Waals surface area contributed by atoms with E-state index in [1.54, 1.807) is 54.6 Å². The molecule has 0 spiro atoms. The Hall–Kier alpha value is -3.06. The zero-order valence-corrected chi connectivity index (χ0v) is 20.5. The van der Waals surface area contributed by atoms with Crippen LogP contribution in [0.2, 0.25) is 0 Å². The van der Waals surface area contributed by atoms with Gasteiger partial charge in [0, 0.05) is 45.2 Å². The predicted molar refractivity (Wildman–Crippen MR) is 139 cm³/mol. The molecule has 7 heteroatoms. The number of benzene rings is 3. The second-order valence-electron chi connectivity index (χ2n) is 8.67. The van der Waals surface area contributed by atoms with E-state index in [0.29, 0.717) is 17.2 Å². The quantitative estimate of drug-likeness (QED) is 0.316. The number of phenols is 2. The fourth-order valence-corrected chi connectivity index (χ4v) is 5.35. The topological polar surface area (TPSA) is 70.0 Å². The van der Waals surface area contributed by atoms with E-state index in [0.717, 1.165) is 39.4 Å². The van der Waals surface area contributed by atoms with Crippen LogP contribution in [0.5, 0.6) is 17.2 Å². The molecule has 1 aliphatic rings. The minimum Gasteiger partial charge on any atom is -0.508 e. The molecule has 5 nitrogen and oxygen atoms in total. The van der Waals surface area contributed by atoms with E-state index in [-0.39, 0.29) is 35.8 Å². The zero-order valence-electron chi connectivity index (χ0n) is 18.9. The van der Waals surface area contributed by atoms with Crippen molar-refractivity contribution < 1.29 is 19.7 Å². The highest BCUT2D eigenvalue weighted by atomic mass is 35.5. The fraction of sp³-hybridized carbons (Fsp3) is 0.222. The SMILES string of the molecule is CC(C)N1CC(Oc2ccc(C(=O)c3c(-c4ccc(O)cc4)sc4cc(O)ccc34)cc2)C1.Cl. The normalized spacial score (nSPS) is 14.1. The lowest BCUT2D eigenvalue weighted by Gasteiger charge is -2.41. The Morgan fingerprint density at radius 3 is 2.26 bits per heavy atom. The molecule has 0 aliphatic carbocycles. The van der Waals surface area contributed by atoms with E-state index in [9.17, 15) is 15.0 Å². The molecule has 5 rings (SSSR count). The minimum atomic E-state index is -0.0869. The third-order valence-corrected chi connectivity index (χ3v) is 7.26. The number of hydrogen-bond acceptors (Lipinski definition) is 6. The summed E-state index contributed by atoms with van der Waals surface area (Å²) in [4.78, 5) is 16.8. The van der Waals surface area contributed by atoms with E-state index >= 15 is 0 Å². The number of ketones is 1. The molecule has 0 amide bonds. The van der Waals surface area contributed by atoms with Crippen LogP contribution in [0.3, 0.4) is 0 Å². The minimum absolute atomic E-state index is 0. The molecule has 1 aromatic heterocycles. The molecule has 0 bridgehead atoms. The van der Waals surface area contributed by atoms with Crippen LogP contribution in [0.15, 0.2) is 66.7 Å². The lowest BCUT2D eigenvalue weighted by molar-refractivity contribution is 0.000150. The third-order valence-electron chi connectivity index (χ3n) is 6.06. The summed E-state index contributed by atoms with van der Waals surface area (Å²) in [6.45, 7) is 6.20. The van der Waals surface area contributed by atoms with Gasteiger partial charge in [-0.1, -0.05) is 0 Å². The maximum absolute atomic E-state index is 13.6. The molecule has 1 saturated heterocycles. The molecule has 0 radical (unpaired) electrons. The van der Waals surface area contributed by atoms with Gasteiger partial charge < -0.3 is 14.9 Å². The average Bonchev–Trinajstić information content (AvgIpc) is 3.14. The largest absolute Gasteiger partial charge is 0.508 e. The Morgan fingerprint density at radius 1 is 0.971 bits per heavy atom.